The Labute approximate surface area is 156 Å². The normalized spacial score (nSPS) is 22.2. The Balaban J connectivity index is 1.30. The summed E-state index contributed by atoms with van der Waals surface area (Å²) < 4.78 is 5.19. The third-order valence-corrected chi connectivity index (χ3v) is 5.26. The van der Waals surface area contributed by atoms with Crippen LogP contribution in [0.15, 0.2) is 47.1 Å². The minimum Gasteiger partial charge on any atom is -0.467 e. The summed E-state index contributed by atoms with van der Waals surface area (Å²) in [6, 6.07) is 11.0. The highest BCUT2D eigenvalue weighted by molar-refractivity contribution is 6.31. The lowest BCUT2D eigenvalue weighted by atomic mass is 10.2. The van der Waals surface area contributed by atoms with Gasteiger partial charge in [0, 0.05) is 30.2 Å². The maximum atomic E-state index is 12.7. The number of nitrogens with one attached hydrogen (secondary N) is 1. The van der Waals surface area contributed by atoms with E-state index < -0.39 is 0 Å². The number of hydrogen-bond acceptors (Lipinski definition) is 4. The van der Waals surface area contributed by atoms with E-state index in [2.05, 4.69) is 10.2 Å². The molecule has 0 spiro atoms. The average molecular weight is 374 g/mol. The number of likely N-dealkylation sites (tertiary alicyclic amines) is 1. The Kier molecular flexibility index (Phi) is 4.70. The lowest BCUT2D eigenvalue weighted by molar-refractivity contribution is -0.125. The molecule has 1 aromatic heterocycles. The standard InChI is InChI=1S/C19H20ClN3O3/c20-13-3-1-4-14(9-13)23-15-10-17(19(23)25)22(12-15)7-6-18(24)21-11-16-5-2-8-26-16/h1-5,8-9,15,17H,6-7,10-12H2,(H,21,24)/t15-,17-/m0/s1. The number of benzene rings is 1. The highest BCUT2D eigenvalue weighted by Crippen LogP contribution is 2.36. The molecular formula is C19H20ClN3O3. The summed E-state index contributed by atoms with van der Waals surface area (Å²) in [4.78, 5) is 28.7. The lowest BCUT2D eigenvalue weighted by Gasteiger charge is -2.33. The molecule has 2 aliphatic rings. The van der Waals surface area contributed by atoms with Gasteiger partial charge in [-0.2, -0.15) is 0 Å². The Bertz CT molecular complexity index is 808. The minimum absolute atomic E-state index is 0.0386. The molecule has 2 atom stereocenters. The molecule has 2 bridgehead atoms. The number of rotatable bonds is 6. The molecule has 3 heterocycles. The molecule has 7 heteroatoms. The first-order valence-corrected chi connectivity index (χ1v) is 9.11. The molecule has 26 heavy (non-hydrogen) atoms. The van der Waals surface area contributed by atoms with E-state index >= 15 is 0 Å². The molecule has 1 N–H and O–H groups in total. The topological polar surface area (TPSA) is 65.8 Å². The molecule has 1 aromatic carbocycles. The Morgan fingerprint density at radius 1 is 1.31 bits per heavy atom. The number of piperazine rings is 1. The first kappa shape index (κ1) is 17.1. The third kappa shape index (κ3) is 3.34. The van der Waals surface area contributed by atoms with Crippen LogP contribution in [0.3, 0.4) is 0 Å². The molecule has 2 saturated heterocycles. The van der Waals surface area contributed by atoms with Gasteiger partial charge in [-0.1, -0.05) is 17.7 Å². The molecule has 136 valence electrons. The van der Waals surface area contributed by atoms with Crippen molar-refractivity contribution in [2.75, 3.05) is 18.0 Å². The van der Waals surface area contributed by atoms with Gasteiger partial charge in [0.05, 0.1) is 24.9 Å². The molecule has 2 aliphatic heterocycles. The van der Waals surface area contributed by atoms with Crippen molar-refractivity contribution in [3.63, 3.8) is 0 Å². The molecule has 0 radical (unpaired) electrons. The predicted molar refractivity (Wildman–Crippen MR) is 97.9 cm³/mol. The summed E-state index contributed by atoms with van der Waals surface area (Å²) in [5.41, 5.74) is 0.853. The fraction of sp³-hybridized carbons (Fsp3) is 0.368. The maximum Gasteiger partial charge on any atom is 0.244 e. The number of anilines is 1. The van der Waals surface area contributed by atoms with Crippen molar-refractivity contribution in [3.8, 4) is 0 Å². The van der Waals surface area contributed by atoms with Crippen molar-refractivity contribution in [3.05, 3.63) is 53.4 Å². The SMILES string of the molecule is O=C(CCN1C[C@@H]2C[C@H]1C(=O)N2c1cccc(Cl)c1)NCc1ccco1. The number of carbonyl (C=O) groups excluding carboxylic acids is 2. The second-order valence-electron chi connectivity index (χ2n) is 6.69. The van der Waals surface area contributed by atoms with Crippen LogP contribution in [0.1, 0.15) is 18.6 Å². The lowest BCUT2D eigenvalue weighted by Crippen LogP contribution is -2.51. The van der Waals surface area contributed by atoms with Crippen LogP contribution in [0.5, 0.6) is 0 Å². The zero-order chi connectivity index (χ0) is 18.1. The summed E-state index contributed by atoms with van der Waals surface area (Å²) in [6.07, 6.45) is 2.76. The molecular weight excluding hydrogens is 354 g/mol. The fourth-order valence-corrected chi connectivity index (χ4v) is 3.99. The number of halogens is 1. The summed E-state index contributed by atoms with van der Waals surface area (Å²) in [5, 5.41) is 3.46. The number of nitrogens with zero attached hydrogens (tertiary/aromatic N) is 2. The number of hydrogen-bond donors (Lipinski definition) is 1. The van der Waals surface area contributed by atoms with Crippen LogP contribution in [-0.4, -0.2) is 41.9 Å². The second-order valence-corrected chi connectivity index (χ2v) is 7.13. The molecule has 0 saturated carbocycles. The summed E-state index contributed by atoms with van der Waals surface area (Å²) >= 11 is 6.05. The second kappa shape index (κ2) is 7.13. The summed E-state index contributed by atoms with van der Waals surface area (Å²) in [7, 11) is 0. The van der Waals surface area contributed by atoms with Gasteiger partial charge in [-0.05, 0) is 36.8 Å². The average Bonchev–Trinajstić information content (AvgIpc) is 3.34. The molecule has 2 amide bonds. The van der Waals surface area contributed by atoms with Gasteiger partial charge in [-0.3, -0.25) is 14.5 Å². The molecule has 2 fully saturated rings. The fourth-order valence-electron chi connectivity index (χ4n) is 3.81. The smallest absolute Gasteiger partial charge is 0.244 e. The highest BCUT2D eigenvalue weighted by Gasteiger charge is 2.49. The Morgan fingerprint density at radius 3 is 2.92 bits per heavy atom. The quantitative estimate of drug-likeness (QED) is 0.844. The van der Waals surface area contributed by atoms with Crippen molar-refractivity contribution in [1.82, 2.24) is 10.2 Å². The highest BCUT2D eigenvalue weighted by atomic mass is 35.5. The van der Waals surface area contributed by atoms with E-state index in [-0.39, 0.29) is 23.9 Å². The van der Waals surface area contributed by atoms with Crippen molar-refractivity contribution < 1.29 is 14.0 Å². The molecule has 2 aromatic rings. The number of carbonyl (C=O) groups is 2. The van der Waals surface area contributed by atoms with Gasteiger partial charge >= 0.3 is 0 Å². The van der Waals surface area contributed by atoms with Gasteiger partial charge in [-0.25, -0.2) is 0 Å². The van der Waals surface area contributed by atoms with Crippen LogP contribution >= 0.6 is 11.6 Å². The van der Waals surface area contributed by atoms with Crippen molar-refractivity contribution in [1.29, 1.82) is 0 Å². The van der Waals surface area contributed by atoms with E-state index in [0.717, 1.165) is 24.4 Å². The van der Waals surface area contributed by atoms with Crippen molar-refractivity contribution in [2.24, 2.45) is 0 Å². The van der Waals surface area contributed by atoms with Crippen molar-refractivity contribution in [2.45, 2.75) is 31.5 Å². The van der Waals surface area contributed by atoms with Crippen LogP contribution < -0.4 is 10.2 Å². The first-order chi connectivity index (χ1) is 12.6. The van der Waals surface area contributed by atoms with Crippen LogP contribution in [-0.2, 0) is 16.1 Å². The monoisotopic (exact) mass is 373 g/mol. The van der Waals surface area contributed by atoms with Gasteiger partial charge in [0.1, 0.15) is 5.76 Å². The van der Waals surface area contributed by atoms with E-state index in [9.17, 15) is 9.59 Å². The molecule has 4 rings (SSSR count). The molecule has 6 nitrogen and oxygen atoms in total. The molecule has 0 aliphatic carbocycles. The number of fused-ring (bicyclic) bond motifs is 2. The van der Waals surface area contributed by atoms with E-state index in [4.69, 9.17) is 16.0 Å². The van der Waals surface area contributed by atoms with Crippen LogP contribution in [0.2, 0.25) is 5.02 Å². The van der Waals surface area contributed by atoms with Gasteiger partial charge in [0.25, 0.3) is 0 Å². The Hall–Kier alpha value is -2.31. The van der Waals surface area contributed by atoms with Gasteiger partial charge < -0.3 is 14.6 Å². The zero-order valence-corrected chi connectivity index (χ0v) is 15.0. The van der Waals surface area contributed by atoms with Crippen molar-refractivity contribution >= 4 is 29.1 Å². The summed E-state index contributed by atoms with van der Waals surface area (Å²) in [5.74, 6) is 0.786. The van der Waals surface area contributed by atoms with E-state index in [1.165, 1.54) is 0 Å². The van der Waals surface area contributed by atoms with Crippen LogP contribution in [0.4, 0.5) is 5.69 Å². The Morgan fingerprint density at radius 2 is 2.19 bits per heavy atom. The van der Waals surface area contributed by atoms with Gasteiger partial charge in [0.2, 0.25) is 11.8 Å². The maximum absolute atomic E-state index is 12.7. The van der Waals surface area contributed by atoms with Gasteiger partial charge in [0.15, 0.2) is 0 Å². The van der Waals surface area contributed by atoms with Gasteiger partial charge in [-0.15, -0.1) is 0 Å². The van der Waals surface area contributed by atoms with E-state index in [1.54, 1.807) is 18.4 Å². The van der Waals surface area contributed by atoms with E-state index in [1.807, 2.05) is 29.2 Å². The zero-order valence-electron chi connectivity index (χ0n) is 14.2. The minimum atomic E-state index is -0.142. The third-order valence-electron chi connectivity index (χ3n) is 5.02. The predicted octanol–water partition coefficient (Wildman–Crippen LogP) is 2.43. The number of amides is 2. The van der Waals surface area contributed by atoms with Crippen LogP contribution in [0, 0.1) is 0 Å². The first-order valence-electron chi connectivity index (χ1n) is 8.73. The summed E-state index contributed by atoms with van der Waals surface area (Å²) in [6.45, 7) is 1.76. The van der Waals surface area contributed by atoms with Crippen LogP contribution in [0.25, 0.3) is 0 Å². The molecule has 0 unspecified atom stereocenters. The largest absolute Gasteiger partial charge is 0.467 e. The number of furan rings is 1. The van der Waals surface area contributed by atoms with E-state index in [0.29, 0.717) is 24.5 Å².